The lowest BCUT2D eigenvalue weighted by atomic mass is 9.96. The average Bonchev–Trinajstić information content (AvgIpc) is 3.33. The lowest BCUT2D eigenvalue weighted by Crippen LogP contribution is -2.24. The van der Waals surface area contributed by atoms with Gasteiger partial charge < -0.3 is 5.11 Å². The van der Waals surface area contributed by atoms with Gasteiger partial charge in [-0.05, 0) is 56.4 Å². The lowest BCUT2D eigenvalue weighted by Gasteiger charge is -2.19. The predicted molar refractivity (Wildman–Crippen MR) is 123 cm³/mol. The number of aliphatic hydroxyl groups is 1. The molecule has 6 nitrogen and oxygen atoms in total. The summed E-state index contributed by atoms with van der Waals surface area (Å²) in [6.45, 7) is 5.14. The number of benzene rings is 1. The molecule has 0 saturated heterocycles. The maximum Gasteiger partial charge on any atom is 0.436 e. The number of Topliss-reactive ketones (excluding diaryl/α,β-unsaturated/α-hetero) is 1. The number of nitrogens with zero attached hydrogens (tertiary/aromatic N) is 4. The van der Waals surface area contributed by atoms with E-state index in [9.17, 15) is 22.4 Å². The van der Waals surface area contributed by atoms with Crippen LogP contribution in [0.1, 0.15) is 67.7 Å². The Morgan fingerprint density at radius 3 is 2.37 bits per heavy atom. The van der Waals surface area contributed by atoms with E-state index >= 15 is 0 Å². The molecule has 1 unspecified atom stereocenters. The van der Waals surface area contributed by atoms with Crippen LogP contribution in [0.4, 0.5) is 17.6 Å². The molecule has 0 fully saturated rings. The monoisotopic (exact) mass is 514 g/mol. The molecule has 3 rings (SSSR count). The number of unbranched alkanes of at least 4 members (excludes halogenated alkanes) is 1. The summed E-state index contributed by atoms with van der Waals surface area (Å²) < 4.78 is 56.2. The Bertz CT molecular complexity index is 1170. The summed E-state index contributed by atoms with van der Waals surface area (Å²) in [7, 11) is 0. The van der Waals surface area contributed by atoms with Crippen LogP contribution < -0.4 is 0 Å². The molecule has 3 aromatic rings. The van der Waals surface area contributed by atoms with Crippen molar-refractivity contribution in [1.82, 2.24) is 19.6 Å². The van der Waals surface area contributed by atoms with Crippen LogP contribution in [0.5, 0.6) is 0 Å². The topological polar surface area (TPSA) is 72.9 Å². The molecule has 2 heterocycles. The Labute approximate surface area is 205 Å². The van der Waals surface area contributed by atoms with Crippen molar-refractivity contribution in [3.8, 4) is 5.69 Å². The highest BCUT2D eigenvalue weighted by Gasteiger charge is 2.39. The number of ketones is 1. The van der Waals surface area contributed by atoms with Crippen molar-refractivity contribution in [2.45, 2.75) is 64.6 Å². The molecule has 0 spiro atoms. The normalized spacial score (nSPS) is 13.0. The third-order valence-electron chi connectivity index (χ3n) is 5.77. The van der Waals surface area contributed by atoms with E-state index in [0.29, 0.717) is 24.1 Å². The molecule has 0 radical (unpaired) electrons. The fourth-order valence-corrected chi connectivity index (χ4v) is 4.32. The average molecular weight is 515 g/mol. The van der Waals surface area contributed by atoms with Crippen LogP contribution in [0, 0.1) is 12.7 Å². The van der Waals surface area contributed by atoms with Crippen molar-refractivity contribution in [3.05, 3.63) is 63.9 Å². The van der Waals surface area contributed by atoms with E-state index in [1.807, 2.05) is 13.8 Å². The van der Waals surface area contributed by atoms with Crippen molar-refractivity contribution in [3.63, 3.8) is 0 Å². The van der Waals surface area contributed by atoms with Crippen molar-refractivity contribution in [2.24, 2.45) is 0 Å². The molecule has 2 aromatic heterocycles. The third-order valence-corrected chi connectivity index (χ3v) is 6.22. The van der Waals surface area contributed by atoms with Gasteiger partial charge in [-0.1, -0.05) is 25.4 Å². The molecular formula is C24H27ClF4N4O2. The molecule has 0 aliphatic rings. The molecule has 1 aromatic carbocycles. The maximum absolute atomic E-state index is 13.5. The Kier molecular flexibility index (Phi) is 8.38. The van der Waals surface area contributed by atoms with Gasteiger partial charge in [-0.2, -0.15) is 23.4 Å². The Morgan fingerprint density at radius 2 is 1.83 bits per heavy atom. The van der Waals surface area contributed by atoms with Gasteiger partial charge in [0.15, 0.2) is 11.5 Å². The van der Waals surface area contributed by atoms with Gasteiger partial charge >= 0.3 is 6.18 Å². The molecule has 35 heavy (non-hydrogen) atoms. The molecule has 0 amide bonds. The summed E-state index contributed by atoms with van der Waals surface area (Å²) in [4.78, 5) is 13.5. The van der Waals surface area contributed by atoms with Gasteiger partial charge in [0.25, 0.3) is 0 Å². The van der Waals surface area contributed by atoms with Crippen molar-refractivity contribution >= 4 is 17.4 Å². The second-order valence-electron chi connectivity index (χ2n) is 8.67. The van der Waals surface area contributed by atoms with Gasteiger partial charge in [-0.3, -0.25) is 9.48 Å². The van der Waals surface area contributed by atoms with Gasteiger partial charge in [0.05, 0.1) is 28.3 Å². The highest BCUT2D eigenvalue weighted by atomic mass is 35.5. The molecule has 1 atom stereocenters. The minimum absolute atomic E-state index is 0.0455. The zero-order chi connectivity index (χ0) is 25.9. The van der Waals surface area contributed by atoms with E-state index in [0.717, 1.165) is 10.4 Å². The molecule has 0 aliphatic heterocycles. The first-order valence-corrected chi connectivity index (χ1v) is 11.6. The third kappa shape index (κ3) is 5.92. The first-order chi connectivity index (χ1) is 16.5. The molecule has 190 valence electrons. The van der Waals surface area contributed by atoms with Crippen molar-refractivity contribution < 1.29 is 27.5 Å². The Hall–Kier alpha value is -2.72. The lowest BCUT2D eigenvalue weighted by molar-refractivity contribution is -0.141. The number of alkyl halides is 3. The van der Waals surface area contributed by atoms with Crippen LogP contribution in [0.2, 0.25) is 5.02 Å². The summed E-state index contributed by atoms with van der Waals surface area (Å²) in [6.07, 6.45) is -2.30. The number of halogens is 5. The first-order valence-electron chi connectivity index (χ1n) is 11.2. The zero-order valence-corrected chi connectivity index (χ0v) is 20.4. The zero-order valence-electron chi connectivity index (χ0n) is 19.6. The Morgan fingerprint density at radius 1 is 1.17 bits per heavy atom. The van der Waals surface area contributed by atoms with E-state index < -0.39 is 22.9 Å². The van der Waals surface area contributed by atoms with Gasteiger partial charge in [-0.25, -0.2) is 9.07 Å². The molecule has 0 aliphatic carbocycles. The number of rotatable bonds is 10. The number of hydrogen-bond donors (Lipinski definition) is 1. The van der Waals surface area contributed by atoms with Crippen LogP contribution in [0.3, 0.4) is 0 Å². The SMILES string of the molecule is Cc1c(Cl)c(C(F)(F)F)nn1C(CCCCO)C(=O)Cc1cnn(-c2ccc(F)cc2)c1C(C)C. The number of carbonyl (C=O) groups is 1. The van der Waals surface area contributed by atoms with Gasteiger partial charge in [-0.15, -0.1) is 0 Å². The molecule has 11 heteroatoms. The van der Waals surface area contributed by atoms with E-state index in [1.54, 1.807) is 23.0 Å². The summed E-state index contributed by atoms with van der Waals surface area (Å²) in [5, 5.41) is 16.7. The molecule has 0 bridgehead atoms. The Balaban J connectivity index is 1.98. The van der Waals surface area contributed by atoms with Crippen molar-refractivity contribution in [1.29, 1.82) is 0 Å². The summed E-state index contributed by atoms with van der Waals surface area (Å²) in [5.74, 6) is -0.782. The van der Waals surface area contributed by atoms with Crippen LogP contribution in [0.25, 0.3) is 5.69 Å². The minimum atomic E-state index is -4.76. The second kappa shape index (κ2) is 10.9. The van der Waals surface area contributed by atoms with E-state index in [-0.39, 0.29) is 42.7 Å². The van der Waals surface area contributed by atoms with E-state index in [2.05, 4.69) is 10.2 Å². The molecular weight excluding hydrogens is 488 g/mol. The van der Waals surface area contributed by atoms with Gasteiger partial charge in [0.2, 0.25) is 0 Å². The van der Waals surface area contributed by atoms with E-state index in [1.165, 1.54) is 19.1 Å². The van der Waals surface area contributed by atoms with Crippen LogP contribution in [0.15, 0.2) is 30.5 Å². The fraction of sp³-hybridized carbons (Fsp3) is 0.458. The number of carbonyl (C=O) groups excluding carboxylic acids is 1. The maximum atomic E-state index is 13.5. The molecule has 0 saturated carbocycles. The number of hydrogen-bond acceptors (Lipinski definition) is 4. The first kappa shape index (κ1) is 26.9. The van der Waals surface area contributed by atoms with Crippen LogP contribution in [-0.4, -0.2) is 37.1 Å². The van der Waals surface area contributed by atoms with Gasteiger partial charge in [0.1, 0.15) is 11.9 Å². The van der Waals surface area contributed by atoms with E-state index in [4.69, 9.17) is 16.7 Å². The number of aliphatic hydroxyl groups excluding tert-OH is 1. The highest BCUT2D eigenvalue weighted by molar-refractivity contribution is 6.32. The van der Waals surface area contributed by atoms with Crippen molar-refractivity contribution in [2.75, 3.05) is 6.61 Å². The standard InChI is InChI=1S/C24H27ClF4N4O2/c1-14(2)22-16(13-30-33(22)18-9-7-17(26)8-10-18)12-20(35)19(6-4-5-11-34)32-15(3)21(25)23(31-32)24(27,28)29/h7-10,13-14,19,34H,4-6,11-12H2,1-3H3. The summed E-state index contributed by atoms with van der Waals surface area (Å²) >= 11 is 5.92. The van der Waals surface area contributed by atoms with Gasteiger partial charge in [0, 0.05) is 18.6 Å². The molecule has 1 N–H and O–H groups in total. The smallest absolute Gasteiger partial charge is 0.396 e. The minimum Gasteiger partial charge on any atom is -0.396 e. The summed E-state index contributed by atoms with van der Waals surface area (Å²) in [6, 6.07) is 4.78. The largest absolute Gasteiger partial charge is 0.436 e. The predicted octanol–water partition coefficient (Wildman–Crippen LogP) is 5.83. The van der Waals surface area contributed by atoms with Crippen LogP contribution in [-0.2, 0) is 17.4 Å². The number of aromatic nitrogens is 4. The second-order valence-corrected chi connectivity index (χ2v) is 9.04. The highest BCUT2D eigenvalue weighted by Crippen LogP contribution is 2.37. The quantitative estimate of drug-likeness (QED) is 0.273. The van der Waals surface area contributed by atoms with Crippen LogP contribution >= 0.6 is 11.6 Å². The fourth-order valence-electron chi connectivity index (χ4n) is 4.09. The summed E-state index contributed by atoms with van der Waals surface area (Å²) in [5.41, 5.74) is 0.799.